The van der Waals surface area contributed by atoms with Crippen molar-refractivity contribution in [2.45, 2.75) is 18.6 Å². The van der Waals surface area contributed by atoms with E-state index < -0.39 is 5.63 Å². The van der Waals surface area contributed by atoms with E-state index in [9.17, 15) is 15.0 Å². The minimum atomic E-state index is -0.600. The predicted molar refractivity (Wildman–Crippen MR) is 97.3 cm³/mol. The largest absolute Gasteiger partial charge is 0.508 e. The molecule has 1 aromatic heterocycles. The summed E-state index contributed by atoms with van der Waals surface area (Å²) in [7, 11) is 1.57. The van der Waals surface area contributed by atoms with E-state index in [0.717, 1.165) is 11.3 Å². The first-order valence-corrected chi connectivity index (χ1v) is 8.90. The average Bonchev–Trinajstić information content (AvgIpc) is 2.80. The molecule has 0 spiro atoms. The van der Waals surface area contributed by atoms with Crippen LogP contribution < -0.4 is 10.4 Å². The van der Waals surface area contributed by atoms with Crippen LogP contribution in [0.4, 0.5) is 0 Å². The van der Waals surface area contributed by atoms with Crippen molar-refractivity contribution in [3.63, 3.8) is 0 Å². The number of methoxy groups -OCH3 is 1. The first kappa shape index (κ1) is 17.4. The Morgan fingerprint density at radius 2 is 2.08 bits per heavy atom. The Bertz CT molecular complexity index is 874. The van der Waals surface area contributed by atoms with Gasteiger partial charge in [-0.05, 0) is 25.1 Å². The van der Waals surface area contributed by atoms with Crippen LogP contribution in [0, 0.1) is 6.92 Å². The van der Waals surface area contributed by atoms with Crippen molar-refractivity contribution < 1.29 is 19.4 Å². The Kier molecular flexibility index (Phi) is 5.03. The number of benzene rings is 1. The SMILES string of the molecule is COc1ccc(O)c([C@@H]2CC(c3c(O)cc(C)oc3=O)=NCCS2)c1. The van der Waals surface area contributed by atoms with Gasteiger partial charge >= 0.3 is 5.63 Å². The predicted octanol–water partition coefficient (Wildman–Crippen LogP) is 3.04. The molecule has 0 unspecified atom stereocenters. The maximum atomic E-state index is 12.2. The lowest BCUT2D eigenvalue weighted by atomic mass is 10.0. The molecule has 0 aliphatic carbocycles. The van der Waals surface area contributed by atoms with E-state index in [1.165, 1.54) is 6.07 Å². The number of ether oxygens (including phenoxy) is 1. The van der Waals surface area contributed by atoms with Gasteiger partial charge in [-0.1, -0.05) is 0 Å². The van der Waals surface area contributed by atoms with Gasteiger partial charge in [0.1, 0.15) is 28.6 Å². The van der Waals surface area contributed by atoms with Crippen LogP contribution in [0.3, 0.4) is 0 Å². The van der Waals surface area contributed by atoms with Crippen LogP contribution in [0.15, 0.2) is 38.5 Å². The minimum Gasteiger partial charge on any atom is -0.508 e. The molecule has 1 atom stereocenters. The zero-order chi connectivity index (χ0) is 18.0. The average molecular weight is 361 g/mol. The molecule has 25 heavy (non-hydrogen) atoms. The Morgan fingerprint density at radius 1 is 1.28 bits per heavy atom. The second-order valence-corrected chi connectivity index (χ2v) is 7.03. The van der Waals surface area contributed by atoms with E-state index in [2.05, 4.69) is 4.99 Å². The molecule has 2 heterocycles. The number of aromatic hydroxyl groups is 2. The van der Waals surface area contributed by atoms with Crippen LogP contribution in [0.5, 0.6) is 17.2 Å². The smallest absolute Gasteiger partial charge is 0.348 e. The third-order valence-corrected chi connectivity index (χ3v) is 5.26. The summed E-state index contributed by atoms with van der Waals surface area (Å²) in [5.74, 6) is 1.77. The van der Waals surface area contributed by atoms with Gasteiger partial charge in [-0.15, -0.1) is 0 Å². The summed E-state index contributed by atoms with van der Waals surface area (Å²) in [6.45, 7) is 2.13. The van der Waals surface area contributed by atoms with Crippen molar-refractivity contribution >= 4 is 17.5 Å². The summed E-state index contributed by atoms with van der Waals surface area (Å²) < 4.78 is 10.4. The van der Waals surface area contributed by atoms with Crippen molar-refractivity contribution in [3.05, 3.63) is 51.6 Å². The number of phenolic OH excluding ortho intramolecular Hbond substituents is 1. The maximum absolute atomic E-state index is 12.2. The van der Waals surface area contributed by atoms with E-state index in [1.54, 1.807) is 44.0 Å². The Labute approximate surface area is 149 Å². The quantitative estimate of drug-likeness (QED) is 0.873. The van der Waals surface area contributed by atoms with Gasteiger partial charge in [-0.2, -0.15) is 11.8 Å². The highest BCUT2D eigenvalue weighted by atomic mass is 32.2. The highest BCUT2D eigenvalue weighted by molar-refractivity contribution is 7.99. The van der Waals surface area contributed by atoms with Gasteiger partial charge in [0, 0.05) is 35.6 Å². The summed E-state index contributed by atoms with van der Waals surface area (Å²) in [5, 5.41) is 20.3. The van der Waals surface area contributed by atoms with E-state index in [-0.39, 0.29) is 22.3 Å². The van der Waals surface area contributed by atoms with E-state index in [1.807, 2.05) is 0 Å². The zero-order valence-electron chi connectivity index (χ0n) is 14.0. The van der Waals surface area contributed by atoms with Gasteiger partial charge in [0.15, 0.2) is 0 Å². The molecule has 3 rings (SSSR count). The first-order valence-electron chi connectivity index (χ1n) is 7.85. The molecule has 0 radical (unpaired) electrons. The second kappa shape index (κ2) is 7.23. The lowest BCUT2D eigenvalue weighted by Crippen LogP contribution is -2.17. The van der Waals surface area contributed by atoms with Gasteiger partial charge < -0.3 is 19.4 Å². The van der Waals surface area contributed by atoms with E-state index in [4.69, 9.17) is 9.15 Å². The second-order valence-electron chi connectivity index (χ2n) is 5.72. The number of hydrogen-bond acceptors (Lipinski definition) is 7. The fourth-order valence-corrected chi connectivity index (χ4v) is 3.96. The Morgan fingerprint density at radius 3 is 2.80 bits per heavy atom. The highest BCUT2D eigenvalue weighted by Gasteiger charge is 2.25. The van der Waals surface area contributed by atoms with Crippen LogP contribution in [0.1, 0.15) is 28.6 Å². The summed E-state index contributed by atoms with van der Waals surface area (Å²) in [5.41, 5.74) is 0.704. The maximum Gasteiger partial charge on any atom is 0.348 e. The molecular weight excluding hydrogens is 342 g/mol. The Balaban J connectivity index is 2.00. The van der Waals surface area contributed by atoms with Crippen molar-refractivity contribution in [2.75, 3.05) is 19.4 Å². The summed E-state index contributed by atoms with van der Waals surface area (Å²) in [4.78, 5) is 16.7. The topological polar surface area (TPSA) is 92.3 Å². The first-order chi connectivity index (χ1) is 12.0. The van der Waals surface area contributed by atoms with Crippen molar-refractivity contribution in [3.8, 4) is 17.2 Å². The number of rotatable bonds is 3. The van der Waals surface area contributed by atoms with Gasteiger partial charge in [-0.25, -0.2) is 4.79 Å². The van der Waals surface area contributed by atoms with Gasteiger partial charge in [0.25, 0.3) is 0 Å². The van der Waals surface area contributed by atoms with E-state index in [0.29, 0.717) is 30.2 Å². The summed E-state index contributed by atoms with van der Waals surface area (Å²) in [6.07, 6.45) is 0.396. The van der Waals surface area contributed by atoms with Crippen molar-refractivity contribution in [1.29, 1.82) is 0 Å². The summed E-state index contributed by atoms with van der Waals surface area (Å²) >= 11 is 1.64. The highest BCUT2D eigenvalue weighted by Crippen LogP contribution is 2.41. The number of nitrogens with zero attached hydrogens (tertiary/aromatic N) is 1. The molecule has 0 saturated carbocycles. The lowest BCUT2D eigenvalue weighted by Gasteiger charge is -2.17. The molecule has 1 aromatic carbocycles. The minimum absolute atomic E-state index is 0.0977. The van der Waals surface area contributed by atoms with Gasteiger partial charge in [-0.3, -0.25) is 4.99 Å². The van der Waals surface area contributed by atoms with Crippen LogP contribution in [0.25, 0.3) is 0 Å². The van der Waals surface area contributed by atoms with Crippen LogP contribution in [0.2, 0.25) is 0 Å². The number of aryl methyl sites for hydroxylation is 1. The Hall–Kier alpha value is -2.41. The molecule has 0 bridgehead atoms. The molecule has 2 N–H and O–H groups in total. The number of thioether (sulfide) groups is 1. The molecular formula is C18H19NO5S. The van der Waals surface area contributed by atoms with Crippen LogP contribution in [-0.4, -0.2) is 35.3 Å². The molecule has 7 heteroatoms. The van der Waals surface area contributed by atoms with Gasteiger partial charge in [0.2, 0.25) is 0 Å². The van der Waals surface area contributed by atoms with Crippen LogP contribution >= 0.6 is 11.8 Å². The normalized spacial score (nSPS) is 17.7. The summed E-state index contributed by atoms with van der Waals surface area (Å²) in [6, 6.07) is 6.48. The molecule has 6 nitrogen and oxygen atoms in total. The molecule has 0 amide bonds. The fraction of sp³-hybridized carbons (Fsp3) is 0.333. The third kappa shape index (κ3) is 3.66. The molecule has 1 aliphatic heterocycles. The lowest BCUT2D eigenvalue weighted by molar-refractivity contribution is 0.410. The molecule has 1 aliphatic rings. The molecule has 0 saturated heterocycles. The van der Waals surface area contributed by atoms with E-state index >= 15 is 0 Å². The van der Waals surface area contributed by atoms with Crippen molar-refractivity contribution in [2.24, 2.45) is 4.99 Å². The fourth-order valence-electron chi connectivity index (χ4n) is 2.83. The van der Waals surface area contributed by atoms with Crippen LogP contribution in [-0.2, 0) is 0 Å². The zero-order valence-corrected chi connectivity index (χ0v) is 14.8. The van der Waals surface area contributed by atoms with Crippen molar-refractivity contribution in [1.82, 2.24) is 0 Å². The standard InChI is InChI=1S/C18H19NO5S/c1-10-7-15(21)17(18(22)24-10)13-9-16(25-6-5-19-13)12-8-11(23-2)3-4-14(12)20/h3-4,7-8,16,20-21H,5-6,9H2,1-2H3/t16-/m0/s1. The molecule has 2 aromatic rings. The monoisotopic (exact) mass is 361 g/mol. The molecule has 132 valence electrons. The number of hydrogen-bond donors (Lipinski definition) is 2. The molecule has 0 fully saturated rings. The number of phenols is 1. The third-order valence-electron chi connectivity index (χ3n) is 4.02. The number of aliphatic imine (C=N–C) groups is 1. The van der Waals surface area contributed by atoms with Gasteiger partial charge in [0.05, 0.1) is 12.8 Å².